The minimum absolute atomic E-state index is 0.264. The predicted octanol–water partition coefficient (Wildman–Crippen LogP) is 5.74. The number of hydrogen-bond acceptors (Lipinski definition) is 3. The number of carbonyl (C=O) groups is 2. The number of amides is 2. The van der Waals surface area contributed by atoms with E-state index >= 15 is 0 Å². The molecule has 0 bridgehead atoms. The van der Waals surface area contributed by atoms with Crippen LogP contribution in [0.1, 0.15) is 66.2 Å². The molecule has 0 saturated heterocycles. The number of rotatable bonds is 8. The second kappa shape index (κ2) is 8.02. The second-order valence-corrected chi connectivity index (χ2v) is 6.58. The van der Waals surface area contributed by atoms with E-state index in [2.05, 4.69) is 16.9 Å². The van der Waals surface area contributed by atoms with E-state index in [-0.39, 0.29) is 11.8 Å². The first kappa shape index (κ1) is 18.0. The van der Waals surface area contributed by atoms with Gasteiger partial charge in [-0.25, -0.2) is 0 Å². The van der Waals surface area contributed by atoms with Crippen molar-refractivity contribution in [2.75, 3.05) is 6.54 Å². The molecule has 0 spiro atoms. The maximum absolute atomic E-state index is 12.9. The van der Waals surface area contributed by atoms with Gasteiger partial charge in [0.2, 0.25) is 0 Å². The molecule has 6 heteroatoms. The highest BCUT2D eigenvalue weighted by Gasteiger charge is 2.32. The quantitative estimate of drug-likeness (QED) is 0.200. The van der Waals surface area contributed by atoms with Gasteiger partial charge in [0.15, 0.2) is 0 Å². The van der Waals surface area contributed by atoms with Crippen LogP contribution in [0.4, 0.5) is 5.69 Å². The first-order chi connectivity index (χ1) is 12.7. The summed E-state index contributed by atoms with van der Waals surface area (Å²) in [4.78, 5) is 29.9. The Labute approximate surface area is 152 Å². The Morgan fingerprint density at radius 2 is 1.65 bits per heavy atom. The molecule has 134 valence electrons. The lowest BCUT2D eigenvalue weighted by Crippen LogP contribution is -2.40. The first-order valence-electron chi connectivity index (χ1n) is 9.16. The van der Waals surface area contributed by atoms with Crippen LogP contribution in [-0.4, -0.2) is 23.3 Å². The Bertz CT molecular complexity index is 878. The summed E-state index contributed by atoms with van der Waals surface area (Å²) < 4.78 is 0. The Balaban J connectivity index is 1.86. The molecule has 1 aliphatic heterocycles. The van der Waals surface area contributed by atoms with E-state index in [0.717, 1.165) is 19.3 Å². The van der Waals surface area contributed by atoms with Crippen LogP contribution >= 0.6 is 0 Å². The highest BCUT2D eigenvalue weighted by Crippen LogP contribution is 2.35. The molecule has 0 N–H and O–H groups in total. The number of nitrogens with zero attached hydrogens (tertiary/aromatic N) is 4. The highest BCUT2D eigenvalue weighted by molar-refractivity contribution is 6.26. The van der Waals surface area contributed by atoms with Crippen LogP contribution in [-0.2, 0) is 0 Å². The van der Waals surface area contributed by atoms with Gasteiger partial charge in [0.05, 0.1) is 0 Å². The zero-order valence-electron chi connectivity index (χ0n) is 14.9. The van der Waals surface area contributed by atoms with E-state index in [1.165, 1.54) is 24.2 Å². The number of imide groups is 1. The van der Waals surface area contributed by atoms with E-state index in [9.17, 15) is 9.59 Å². The van der Waals surface area contributed by atoms with Crippen LogP contribution in [0.15, 0.2) is 35.4 Å². The van der Waals surface area contributed by atoms with Crippen molar-refractivity contribution in [3.05, 3.63) is 51.9 Å². The van der Waals surface area contributed by atoms with E-state index in [1.54, 1.807) is 30.3 Å². The molecular formula is C20H22N4O2. The Kier molecular flexibility index (Phi) is 5.54. The molecule has 0 radical (unpaired) electrons. The molecule has 2 aromatic carbocycles. The number of unbranched alkanes of at least 4 members (excludes halogenated alkanes) is 5. The summed E-state index contributed by atoms with van der Waals surface area (Å²) in [6.45, 7) is 2.62. The monoisotopic (exact) mass is 350 g/mol. The smallest absolute Gasteiger partial charge is 0.261 e. The minimum atomic E-state index is -0.264. The lowest BCUT2D eigenvalue weighted by Gasteiger charge is -2.27. The lowest BCUT2D eigenvalue weighted by atomic mass is 9.93. The average molecular weight is 350 g/mol. The van der Waals surface area contributed by atoms with Gasteiger partial charge < -0.3 is 0 Å². The van der Waals surface area contributed by atoms with Gasteiger partial charge >= 0.3 is 0 Å². The molecule has 0 atom stereocenters. The predicted molar refractivity (Wildman–Crippen MR) is 101 cm³/mol. The van der Waals surface area contributed by atoms with E-state index in [0.29, 0.717) is 34.1 Å². The van der Waals surface area contributed by atoms with Crippen molar-refractivity contribution in [2.24, 2.45) is 5.11 Å². The van der Waals surface area contributed by atoms with Gasteiger partial charge in [-0.15, -0.1) is 0 Å². The van der Waals surface area contributed by atoms with Crippen molar-refractivity contribution in [1.29, 1.82) is 0 Å². The first-order valence-corrected chi connectivity index (χ1v) is 9.16. The largest absolute Gasteiger partial charge is 0.274 e. The summed E-state index contributed by atoms with van der Waals surface area (Å²) in [6, 6.07) is 8.55. The van der Waals surface area contributed by atoms with Crippen LogP contribution in [0, 0.1) is 0 Å². The van der Waals surface area contributed by atoms with Crippen LogP contribution in [0.3, 0.4) is 0 Å². The van der Waals surface area contributed by atoms with Gasteiger partial charge in [0.25, 0.3) is 11.8 Å². The third-order valence-corrected chi connectivity index (χ3v) is 4.86. The molecule has 0 unspecified atom stereocenters. The molecule has 0 aromatic heterocycles. The fraction of sp³-hybridized carbons (Fsp3) is 0.400. The van der Waals surface area contributed by atoms with Gasteiger partial charge in [-0.3, -0.25) is 14.5 Å². The topological polar surface area (TPSA) is 86.1 Å². The Morgan fingerprint density at radius 1 is 0.962 bits per heavy atom. The number of carbonyl (C=O) groups excluding carboxylic acids is 2. The van der Waals surface area contributed by atoms with Gasteiger partial charge in [0.1, 0.15) is 0 Å². The third kappa shape index (κ3) is 3.28. The Hall–Kier alpha value is -2.85. The molecule has 1 aliphatic rings. The van der Waals surface area contributed by atoms with E-state index in [4.69, 9.17) is 5.53 Å². The zero-order valence-corrected chi connectivity index (χ0v) is 14.9. The molecule has 0 aliphatic carbocycles. The number of hydrogen-bond donors (Lipinski definition) is 0. The summed E-state index contributed by atoms with van der Waals surface area (Å²) in [5.74, 6) is -0.528. The maximum atomic E-state index is 12.9. The molecule has 6 nitrogen and oxygen atoms in total. The van der Waals surface area contributed by atoms with Gasteiger partial charge in [0, 0.05) is 33.7 Å². The summed E-state index contributed by atoms with van der Waals surface area (Å²) in [5.41, 5.74) is 10.2. The molecule has 2 aromatic rings. The normalized spacial score (nSPS) is 13.2. The summed E-state index contributed by atoms with van der Waals surface area (Å²) in [7, 11) is 0. The van der Waals surface area contributed by atoms with Gasteiger partial charge in [-0.1, -0.05) is 62.3 Å². The molecule has 2 amide bonds. The summed E-state index contributed by atoms with van der Waals surface area (Å²) in [5, 5.41) is 4.90. The average Bonchev–Trinajstić information content (AvgIpc) is 2.66. The van der Waals surface area contributed by atoms with Gasteiger partial charge in [-0.2, -0.15) is 0 Å². The molecule has 3 rings (SSSR count). The highest BCUT2D eigenvalue weighted by atomic mass is 16.2. The number of benzene rings is 2. The lowest BCUT2D eigenvalue weighted by molar-refractivity contribution is 0.0608. The summed E-state index contributed by atoms with van der Waals surface area (Å²) >= 11 is 0. The van der Waals surface area contributed by atoms with Gasteiger partial charge in [-0.05, 0) is 29.5 Å². The Morgan fingerprint density at radius 3 is 2.38 bits per heavy atom. The molecule has 0 fully saturated rings. The SMILES string of the molecule is CCCCCCCCN1C(=O)c2cccc3c(N=[N+]=[N-])ccc(c23)C1=O. The van der Waals surface area contributed by atoms with Crippen LogP contribution in [0.2, 0.25) is 0 Å². The van der Waals surface area contributed by atoms with Crippen LogP contribution in [0.5, 0.6) is 0 Å². The maximum Gasteiger partial charge on any atom is 0.261 e. The molecule has 26 heavy (non-hydrogen) atoms. The molecule has 0 saturated carbocycles. The molecular weight excluding hydrogens is 328 g/mol. The van der Waals surface area contributed by atoms with Crippen molar-refractivity contribution in [3.8, 4) is 0 Å². The second-order valence-electron chi connectivity index (χ2n) is 6.58. The van der Waals surface area contributed by atoms with Crippen molar-refractivity contribution < 1.29 is 9.59 Å². The molecule has 1 heterocycles. The van der Waals surface area contributed by atoms with Crippen molar-refractivity contribution in [1.82, 2.24) is 4.90 Å². The fourth-order valence-corrected chi connectivity index (χ4v) is 3.52. The fourth-order valence-electron chi connectivity index (χ4n) is 3.52. The zero-order chi connectivity index (χ0) is 18.5. The van der Waals surface area contributed by atoms with E-state index < -0.39 is 0 Å². The van der Waals surface area contributed by atoms with Crippen LogP contribution < -0.4 is 0 Å². The minimum Gasteiger partial charge on any atom is -0.274 e. The number of azide groups is 1. The van der Waals surface area contributed by atoms with Crippen molar-refractivity contribution in [2.45, 2.75) is 45.4 Å². The van der Waals surface area contributed by atoms with Crippen LogP contribution in [0.25, 0.3) is 21.2 Å². The van der Waals surface area contributed by atoms with Crippen molar-refractivity contribution in [3.63, 3.8) is 0 Å². The third-order valence-electron chi connectivity index (χ3n) is 4.86. The van der Waals surface area contributed by atoms with E-state index in [1.807, 2.05) is 0 Å². The summed E-state index contributed by atoms with van der Waals surface area (Å²) in [6.07, 6.45) is 6.59. The van der Waals surface area contributed by atoms with Crippen molar-refractivity contribution >= 4 is 28.3 Å². The standard InChI is InChI=1S/C20H22N4O2/c1-2-3-4-5-6-7-13-24-19(25)15-10-8-9-14-17(22-23-21)12-11-16(18(14)15)20(24)26/h8-12H,2-7,13H2,1H3.